The fraction of sp³-hybridized carbons (Fsp3) is 0.333. The molecular formula is C15H14N2O5. The number of likely N-dealkylation sites (tertiary alicyclic amines) is 1. The second-order valence-corrected chi connectivity index (χ2v) is 5.36. The van der Waals surface area contributed by atoms with Gasteiger partial charge in [0, 0.05) is 18.5 Å². The van der Waals surface area contributed by atoms with Crippen molar-refractivity contribution in [1.29, 1.82) is 0 Å². The predicted octanol–water partition coefficient (Wildman–Crippen LogP) is 0.245. The second kappa shape index (κ2) is 5.25. The monoisotopic (exact) mass is 302 g/mol. The molecule has 22 heavy (non-hydrogen) atoms. The number of carbonyl (C=O) groups is 4. The quantitative estimate of drug-likeness (QED) is 0.807. The average molecular weight is 302 g/mol. The molecule has 7 heteroatoms. The third kappa shape index (κ3) is 2.24. The molecule has 1 fully saturated rings. The molecule has 1 aromatic rings. The molecule has 114 valence electrons. The van der Waals surface area contributed by atoms with Crippen molar-refractivity contribution in [2.24, 2.45) is 0 Å². The lowest BCUT2D eigenvalue weighted by molar-refractivity contribution is -0.158. The number of hydrogen-bond acceptors (Lipinski definition) is 4. The summed E-state index contributed by atoms with van der Waals surface area (Å²) in [5.74, 6) is -2.62. The predicted molar refractivity (Wildman–Crippen MR) is 73.7 cm³/mol. The van der Waals surface area contributed by atoms with Gasteiger partial charge in [0.1, 0.15) is 12.6 Å². The zero-order chi connectivity index (χ0) is 15.9. The van der Waals surface area contributed by atoms with Gasteiger partial charge < -0.3 is 10.0 Å². The summed E-state index contributed by atoms with van der Waals surface area (Å²) in [5.41, 5.74) is 1.39. The minimum atomic E-state index is -1.25. The first-order valence-corrected chi connectivity index (χ1v) is 6.94. The van der Waals surface area contributed by atoms with Crippen LogP contribution in [-0.4, -0.2) is 51.2 Å². The first-order chi connectivity index (χ1) is 10.5. The summed E-state index contributed by atoms with van der Waals surface area (Å²) >= 11 is 0. The number of hydrogen-bond donors (Lipinski definition) is 1. The Hall–Kier alpha value is -2.70. The van der Waals surface area contributed by atoms with Gasteiger partial charge in [-0.2, -0.15) is 0 Å². The molecule has 7 nitrogen and oxygen atoms in total. The van der Waals surface area contributed by atoms with E-state index in [4.69, 9.17) is 5.11 Å². The number of imide groups is 1. The van der Waals surface area contributed by atoms with E-state index in [0.717, 1.165) is 10.5 Å². The maximum absolute atomic E-state index is 12.4. The molecule has 0 saturated carbocycles. The lowest BCUT2D eigenvalue weighted by Crippen LogP contribution is -2.55. The van der Waals surface area contributed by atoms with Gasteiger partial charge >= 0.3 is 5.97 Å². The van der Waals surface area contributed by atoms with E-state index in [0.29, 0.717) is 12.1 Å². The molecule has 3 rings (SSSR count). The van der Waals surface area contributed by atoms with Crippen molar-refractivity contribution in [2.45, 2.75) is 25.4 Å². The third-order valence-corrected chi connectivity index (χ3v) is 4.00. The normalized spacial score (nSPS) is 21.3. The fourth-order valence-electron chi connectivity index (χ4n) is 2.94. The number of rotatable bonds is 3. The van der Waals surface area contributed by atoms with E-state index in [9.17, 15) is 19.2 Å². The van der Waals surface area contributed by atoms with Crippen LogP contribution < -0.4 is 0 Å². The zero-order valence-corrected chi connectivity index (χ0v) is 11.7. The van der Waals surface area contributed by atoms with Crippen LogP contribution in [0, 0.1) is 0 Å². The van der Waals surface area contributed by atoms with Crippen molar-refractivity contribution in [3.8, 4) is 0 Å². The van der Waals surface area contributed by atoms with Crippen molar-refractivity contribution >= 4 is 23.7 Å². The molecule has 1 aromatic carbocycles. The lowest BCUT2D eigenvalue weighted by Gasteiger charge is -2.34. The number of nitrogens with zero attached hydrogens (tertiary/aromatic N) is 2. The minimum absolute atomic E-state index is 0.0593. The molecule has 0 aliphatic carbocycles. The van der Waals surface area contributed by atoms with Gasteiger partial charge in [-0.15, -0.1) is 0 Å². The van der Waals surface area contributed by atoms with Gasteiger partial charge in [0.15, 0.2) is 0 Å². The molecule has 0 bridgehead atoms. The Morgan fingerprint density at radius 1 is 1.23 bits per heavy atom. The van der Waals surface area contributed by atoms with Gasteiger partial charge in [0.25, 0.3) is 11.8 Å². The van der Waals surface area contributed by atoms with Crippen LogP contribution in [0.5, 0.6) is 0 Å². The van der Waals surface area contributed by atoms with Gasteiger partial charge in [-0.25, -0.2) is 0 Å². The molecule has 1 unspecified atom stereocenters. The van der Waals surface area contributed by atoms with E-state index in [1.54, 1.807) is 12.1 Å². The van der Waals surface area contributed by atoms with Crippen LogP contribution in [0.3, 0.4) is 0 Å². The van der Waals surface area contributed by atoms with Crippen LogP contribution in [0.1, 0.15) is 28.8 Å². The number of carboxylic acids is 1. The number of carboxylic acid groups (broad SMARTS) is 1. The van der Waals surface area contributed by atoms with Crippen LogP contribution in [0.4, 0.5) is 0 Å². The standard InChI is InChI=1S/C15H14N2O5/c18-12-6-5-11(15(22)17(12)8-13(19)20)16-7-9-3-1-2-4-10(9)14(16)21/h1-4,11H,5-8H2,(H,19,20). The van der Waals surface area contributed by atoms with E-state index < -0.39 is 30.4 Å². The number of carbonyl (C=O) groups excluding carboxylic acids is 3. The van der Waals surface area contributed by atoms with Crippen LogP contribution >= 0.6 is 0 Å². The van der Waals surface area contributed by atoms with Crippen molar-refractivity contribution < 1.29 is 24.3 Å². The summed E-state index contributed by atoms with van der Waals surface area (Å²) in [4.78, 5) is 49.5. The van der Waals surface area contributed by atoms with Gasteiger partial charge in [0.05, 0.1) is 0 Å². The van der Waals surface area contributed by atoms with Gasteiger partial charge in [0.2, 0.25) is 5.91 Å². The zero-order valence-electron chi connectivity index (χ0n) is 11.7. The highest BCUT2D eigenvalue weighted by molar-refractivity contribution is 6.06. The number of piperidine rings is 1. The topological polar surface area (TPSA) is 95.0 Å². The number of aliphatic carboxylic acids is 1. The van der Waals surface area contributed by atoms with Crippen LogP contribution in [0.15, 0.2) is 24.3 Å². The highest BCUT2D eigenvalue weighted by Crippen LogP contribution is 2.28. The molecule has 0 radical (unpaired) electrons. The summed E-state index contributed by atoms with van der Waals surface area (Å²) in [6, 6.07) is 6.31. The van der Waals surface area contributed by atoms with E-state index in [-0.39, 0.29) is 18.7 Å². The van der Waals surface area contributed by atoms with E-state index >= 15 is 0 Å². The van der Waals surface area contributed by atoms with Crippen LogP contribution in [0.2, 0.25) is 0 Å². The van der Waals surface area contributed by atoms with Crippen molar-refractivity contribution in [2.75, 3.05) is 6.54 Å². The Labute approximate surface area is 126 Å². The molecule has 1 atom stereocenters. The molecule has 2 heterocycles. The number of amides is 3. The Balaban J connectivity index is 1.84. The van der Waals surface area contributed by atoms with E-state index in [2.05, 4.69) is 0 Å². The highest BCUT2D eigenvalue weighted by Gasteiger charge is 2.42. The lowest BCUT2D eigenvalue weighted by atomic mass is 10.0. The molecule has 0 aromatic heterocycles. The Bertz CT molecular complexity index is 684. The second-order valence-electron chi connectivity index (χ2n) is 5.36. The first-order valence-electron chi connectivity index (χ1n) is 6.94. The maximum atomic E-state index is 12.4. The fourth-order valence-corrected chi connectivity index (χ4v) is 2.94. The highest BCUT2D eigenvalue weighted by atomic mass is 16.4. The van der Waals surface area contributed by atoms with Crippen molar-refractivity contribution in [3.05, 3.63) is 35.4 Å². The van der Waals surface area contributed by atoms with Gasteiger partial charge in [-0.1, -0.05) is 18.2 Å². The van der Waals surface area contributed by atoms with E-state index in [1.807, 2.05) is 12.1 Å². The number of benzene rings is 1. The first kappa shape index (κ1) is 14.2. The van der Waals surface area contributed by atoms with Crippen LogP contribution in [0.25, 0.3) is 0 Å². The number of fused-ring (bicyclic) bond motifs is 1. The Morgan fingerprint density at radius 3 is 2.64 bits per heavy atom. The molecule has 2 aliphatic heterocycles. The molecule has 1 N–H and O–H groups in total. The summed E-state index contributed by atoms with van der Waals surface area (Å²) < 4.78 is 0. The summed E-state index contributed by atoms with van der Waals surface area (Å²) in [7, 11) is 0. The molecular weight excluding hydrogens is 288 g/mol. The molecule has 1 saturated heterocycles. The molecule has 0 spiro atoms. The summed E-state index contributed by atoms with van der Waals surface area (Å²) in [6.45, 7) is -0.357. The smallest absolute Gasteiger partial charge is 0.323 e. The molecule has 3 amide bonds. The summed E-state index contributed by atoms with van der Waals surface area (Å²) in [5, 5.41) is 8.82. The van der Waals surface area contributed by atoms with Crippen molar-refractivity contribution in [3.63, 3.8) is 0 Å². The Morgan fingerprint density at radius 2 is 1.95 bits per heavy atom. The third-order valence-electron chi connectivity index (χ3n) is 4.00. The largest absolute Gasteiger partial charge is 0.480 e. The van der Waals surface area contributed by atoms with Crippen LogP contribution in [-0.2, 0) is 20.9 Å². The van der Waals surface area contributed by atoms with Gasteiger partial charge in [-0.05, 0) is 18.1 Å². The van der Waals surface area contributed by atoms with Crippen molar-refractivity contribution in [1.82, 2.24) is 9.80 Å². The minimum Gasteiger partial charge on any atom is -0.480 e. The molecule has 2 aliphatic rings. The SMILES string of the molecule is O=C(O)CN1C(=O)CCC(N2Cc3ccccc3C2=O)C1=O. The average Bonchev–Trinajstić information content (AvgIpc) is 2.81. The summed E-state index contributed by atoms with van der Waals surface area (Å²) in [6.07, 6.45) is 0.289. The van der Waals surface area contributed by atoms with Gasteiger partial charge in [-0.3, -0.25) is 24.1 Å². The maximum Gasteiger partial charge on any atom is 0.323 e. The van der Waals surface area contributed by atoms with E-state index in [1.165, 1.54) is 4.90 Å². The Kier molecular flexibility index (Phi) is 3.40.